The van der Waals surface area contributed by atoms with Gasteiger partial charge in [0.1, 0.15) is 0 Å². The van der Waals surface area contributed by atoms with Gasteiger partial charge < -0.3 is 10.5 Å². The third-order valence-corrected chi connectivity index (χ3v) is 3.72. The molecule has 0 fully saturated rings. The summed E-state index contributed by atoms with van der Waals surface area (Å²) >= 11 is 0. The molecule has 0 unspecified atom stereocenters. The summed E-state index contributed by atoms with van der Waals surface area (Å²) < 4.78 is 5.59. The second-order valence-electron chi connectivity index (χ2n) is 4.52. The van der Waals surface area contributed by atoms with Gasteiger partial charge in [-0.05, 0) is 26.3 Å². The van der Waals surface area contributed by atoms with Gasteiger partial charge in [-0.25, -0.2) is 0 Å². The molecule has 0 aliphatic heterocycles. The van der Waals surface area contributed by atoms with Gasteiger partial charge >= 0.3 is 0 Å². The number of nitrogens with two attached hydrogens (primary N) is 1. The van der Waals surface area contributed by atoms with Crippen molar-refractivity contribution in [2.24, 2.45) is 5.73 Å². The first-order valence-electron chi connectivity index (χ1n) is 6.65. The number of hydrogen-bond donors (Lipinski definition) is 1. The van der Waals surface area contributed by atoms with E-state index in [2.05, 4.69) is 32.7 Å². The molecule has 0 aromatic rings. The summed E-state index contributed by atoms with van der Waals surface area (Å²) in [5.41, 5.74) is 6.06. The molecule has 3 heteroatoms. The molecular formula is C13H30N2O. The third kappa shape index (κ3) is 4.81. The Morgan fingerprint density at radius 1 is 1.12 bits per heavy atom. The minimum atomic E-state index is 0.161. The summed E-state index contributed by atoms with van der Waals surface area (Å²) in [4.78, 5) is 2.36. The minimum Gasteiger partial charge on any atom is -0.380 e. The maximum absolute atomic E-state index is 5.90. The Morgan fingerprint density at radius 3 is 2.19 bits per heavy atom. The Hall–Kier alpha value is -0.120. The van der Waals surface area contributed by atoms with Crippen molar-refractivity contribution in [2.75, 3.05) is 33.4 Å². The van der Waals surface area contributed by atoms with Crippen molar-refractivity contribution in [1.29, 1.82) is 0 Å². The second kappa shape index (κ2) is 8.97. The van der Waals surface area contributed by atoms with Crippen molar-refractivity contribution >= 4 is 0 Å². The van der Waals surface area contributed by atoms with E-state index in [0.717, 1.165) is 45.6 Å². The predicted octanol–water partition coefficient (Wildman–Crippen LogP) is 2.25. The van der Waals surface area contributed by atoms with E-state index >= 15 is 0 Å². The fraction of sp³-hybridized carbons (Fsp3) is 1.00. The van der Waals surface area contributed by atoms with Crippen molar-refractivity contribution in [1.82, 2.24) is 4.90 Å². The minimum absolute atomic E-state index is 0.161. The molecule has 16 heavy (non-hydrogen) atoms. The molecule has 0 saturated heterocycles. The topological polar surface area (TPSA) is 38.5 Å². The Labute approximate surface area is 101 Å². The fourth-order valence-electron chi connectivity index (χ4n) is 2.02. The van der Waals surface area contributed by atoms with Gasteiger partial charge in [0, 0.05) is 25.2 Å². The van der Waals surface area contributed by atoms with Crippen LogP contribution in [0.15, 0.2) is 0 Å². The molecule has 0 aliphatic rings. The van der Waals surface area contributed by atoms with Gasteiger partial charge in [-0.1, -0.05) is 27.2 Å². The molecule has 3 nitrogen and oxygen atoms in total. The zero-order valence-electron chi connectivity index (χ0n) is 11.6. The maximum atomic E-state index is 5.90. The number of ether oxygens (including phenoxy) is 1. The average molecular weight is 230 g/mol. The van der Waals surface area contributed by atoms with E-state index in [1.165, 1.54) is 6.42 Å². The van der Waals surface area contributed by atoms with Crippen LogP contribution in [0.5, 0.6) is 0 Å². The number of likely N-dealkylation sites (N-methyl/N-ethyl adjacent to an activating group) is 1. The molecule has 0 aliphatic carbocycles. The summed E-state index contributed by atoms with van der Waals surface area (Å²) in [5, 5.41) is 0. The second-order valence-corrected chi connectivity index (χ2v) is 4.52. The molecule has 0 saturated carbocycles. The summed E-state index contributed by atoms with van der Waals surface area (Å²) in [5.74, 6) is 0. The Kier molecular flexibility index (Phi) is 8.90. The molecule has 0 aromatic carbocycles. The molecule has 0 aromatic heterocycles. The molecule has 0 spiro atoms. The molecule has 0 atom stereocenters. The monoisotopic (exact) mass is 230 g/mol. The summed E-state index contributed by atoms with van der Waals surface area (Å²) in [6, 6.07) is 0. The zero-order valence-corrected chi connectivity index (χ0v) is 11.6. The van der Waals surface area contributed by atoms with Crippen LogP contribution in [0.25, 0.3) is 0 Å². The van der Waals surface area contributed by atoms with Crippen molar-refractivity contribution < 1.29 is 4.74 Å². The van der Waals surface area contributed by atoms with E-state index in [9.17, 15) is 0 Å². The van der Waals surface area contributed by atoms with Crippen LogP contribution in [0.1, 0.15) is 46.5 Å². The molecule has 0 rings (SSSR count). The van der Waals surface area contributed by atoms with Gasteiger partial charge in [0.15, 0.2) is 0 Å². The van der Waals surface area contributed by atoms with Gasteiger partial charge in [0.05, 0.1) is 6.61 Å². The van der Waals surface area contributed by atoms with Crippen LogP contribution >= 0.6 is 0 Å². The highest BCUT2D eigenvalue weighted by Gasteiger charge is 2.28. The van der Waals surface area contributed by atoms with Crippen molar-refractivity contribution in [3.05, 3.63) is 0 Å². The van der Waals surface area contributed by atoms with Gasteiger partial charge in [0.25, 0.3) is 0 Å². The van der Waals surface area contributed by atoms with E-state index in [1.807, 2.05) is 0 Å². The molecule has 0 radical (unpaired) electrons. The van der Waals surface area contributed by atoms with Gasteiger partial charge in [-0.15, -0.1) is 0 Å². The van der Waals surface area contributed by atoms with E-state index in [1.54, 1.807) is 0 Å². The normalized spacial score (nSPS) is 12.4. The van der Waals surface area contributed by atoms with Gasteiger partial charge in [-0.3, -0.25) is 4.90 Å². The molecular weight excluding hydrogens is 200 g/mol. The number of nitrogens with zero attached hydrogens (tertiary/aromatic N) is 1. The SMILES string of the molecule is CCCCOCCN(C)C(CC)(CC)CN. The third-order valence-electron chi connectivity index (χ3n) is 3.72. The lowest BCUT2D eigenvalue weighted by Crippen LogP contribution is -2.52. The highest BCUT2D eigenvalue weighted by molar-refractivity contribution is 4.87. The van der Waals surface area contributed by atoms with Crippen LogP contribution in [0.2, 0.25) is 0 Å². The van der Waals surface area contributed by atoms with Crippen LogP contribution in [0.4, 0.5) is 0 Å². The lowest BCUT2D eigenvalue weighted by atomic mass is 9.91. The number of rotatable bonds is 10. The first-order valence-corrected chi connectivity index (χ1v) is 6.65. The van der Waals surface area contributed by atoms with E-state index in [-0.39, 0.29) is 5.54 Å². The first kappa shape index (κ1) is 15.9. The average Bonchev–Trinajstić information content (AvgIpc) is 2.32. The Morgan fingerprint density at radius 2 is 1.75 bits per heavy atom. The first-order chi connectivity index (χ1) is 7.66. The number of hydrogen-bond acceptors (Lipinski definition) is 3. The van der Waals surface area contributed by atoms with Crippen LogP contribution in [-0.4, -0.2) is 43.8 Å². The van der Waals surface area contributed by atoms with Crippen LogP contribution in [0, 0.1) is 0 Å². The molecule has 0 heterocycles. The smallest absolute Gasteiger partial charge is 0.0593 e. The van der Waals surface area contributed by atoms with E-state index in [4.69, 9.17) is 10.5 Å². The van der Waals surface area contributed by atoms with Crippen LogP contribution < -0.4 is 5.73 Å². The van der Waals surface area contributed by atoms with Crippen molar-refractivity contribution in [2.45, 2.75) is 52.0 Å². The van der Waals surface area contributed by atoms with Crippen molar-refractivity contribution in [3.63, 3.8) is 0 Å². The predicted molar refractivity (Wildman–Crippen MR) is 70.7 cm³/mol. The van der Waals surface area contributed by atoms with Gasteiger partial charge in [0.2, 0.25) is 0 Å². The van der Waals surface area contributed by atoms with Crippen molar-refractivity contribution in [3.8, 4) is 0 Å². The summed E-state index contributed by atoms with van der Waals surface area (Å²) in [6.07, 6.45) is 4.57. The largest absolute Gasteiger partial charge is 0.380 e. The summed E-state index contributed by atoms with van der Waals surface area (Å²) in [7, 11) is 2.16. The van der Waals surface area contributed by atoms with Gasteiger partial charge in [-0.2, -0.15) is 0 Å². The highest BCUT2D eigenvalue weighted by atomic mass is 16.5. The summed E-state index contributed by atoms with van der Waals surface area (Å²) in [6.45, 7) is 10.0. The Bertz CT molecular complexity index is 150. The van der Waals surface area contributed by atoms with E-state index in [0.29, 0.717) is 0 Å². The lowest BCUT2D eigenvalue weighted by molar-refractivity contribution is 0.0574. The highest BCUT2D eigenvalue weighted by Crippen LogP contribution is 2.20. The Balaban J connectivity index is 3.88. The van der Waals surface area contributed by atoms with E-state index < -0.39 is 0 Å². The number of unbranched alkanes of at least 4 members (excludes halogenated alkanes) is 1. The molecule has 98 valence electrons. The fourth-order valence-corrected chi connectivity index (χ4v) is 2.02. The van der Waals surface area contributed by atoms with Crippen LogP contribution in [-0.2, 0) is 4.74 Å². The molecule has 0 amide bonds. The zero-order chi connectivity index (χ0) is 12.4. The molecule has 0 bridgehead atoms. The maximum Gasteiger partial charge on any atom is 0.0593 e. The quantitative estimate of drug-likeness (QED) is 0.585. The lowest BCUT2D eigenvalue weighted by Gasteiger charge is -2.40. The molecule has 2 N–H and O–H groups in total. The standard InChI is InChI=1S/C13H30N2O/c1-5-8-10-16-11-9-15(4)13(6-2,7-3)12-14/h5-12,14H2,1-4H3. The van der Waals surface area contributed by atoms with Crippen LogP contribution in [0.3, 0.4) is 0 Å².